The Morgan fingerprint density at radius 2 is 1.63 bits per heavy atom. The van der Waals surface area contributed by atoms with Crippen molar-refractivity contribution in [1.29, 1.82) is 0 Å². The Hall–Kier alpha value is -5.01. The van der Waals surface area contributed by atoms with Crippen molar-refractivity contribution in [3.8, 4) is 34.2 Å². The second-order valence-corrected chi connectivity index (χ2v) is 8.93. The average Bonchev–Trinajstić information content (AvgIpc) is 3.34. The summed E-state index contributed by atoms with van der Waals surface area (Å²) in [5.41, 5.74) is 0.0617. The number of aromatic nitrogens is 2. The van der Waals surface area contributed by atoms with Crippen LogP contribution >= 0.6 is 0 Å². The Labute approximate surface area is 239 Å². The minimum absolute atomic E-state index is 0.0975. The molecule has 3 aromatic carbocycles. The molecular formula is C29H22F7N3O4. The molecule has 0 bridgehead atoms. The summed E-state index contributed by atoms with van der Waals surface area (Å²) < 4.78 is 103. The molecule has 4 aromatic rings. The number of alkyl halides is 6. The van der Waals surface area contributed by atoms with Gasteiger partial charge in [-0.2, -0.15) is 13.2 Å². The minimum atomic E-state index is -4.92. The van der Waals surface area contributed by atoms with E-state index < -0.39 is 41.3 Å². The molecule has 4 rings (SSSR count). The molecule has 0 aliphatic carbocycles. The zero-order valence-electron chi connectivity index (χ0n) is 22.1. The lowest BCUT2D eigenvalue weighted by Gasteiger charge is -2.11. The van der Waals surface area contributed by atoms with Crippen LogP contribution in [0.2, 0.25) is 0 Å². The molecule has 1 aromatic heterocycles. The van der Waals surface area contributed by atoms with E-state index in [1.165, 1.54) is 18.3 Å². The van der Waals surface area contributed by atoms with Crippen LogP contribution < -0.4 is 14.8 Å². The number of carboxylic acids is 1. The second-order valence-electron chi connectivity index (χ2n) is 8.93. The van der Waals surface area contributed by atoms with Gasteiger partial charge in [-0.05, 0) is 72.6 Å². The average molecular weight is 609 g/mol. The van der Waals surface area contributed by atoms with Crippen molar-refractivity contribution < 1.29 is 50.1 Å². The van der Waals surface area contributed by atoms with Gasteiger partial charge in [0, 0.05) is 18.4 Å². The third-order valence-corrected chi connectivity index (χ3v) is 5.92. The number of carboxylic acid groups (broad SMARTS) is 1. The standard InChI is InChI=1S/C29H22F7N3O4/c1-2-24(37-14-13-26(40)41)18-5-8-20(9-6-18)42-27-22(17-3-10-21(11-4-17)43-29(34,35)36)16-39(38-27)25-15-19(28(31,32)33)7-12-23(25)30/h2-12,15-16,37H,13-14H2,1H3,(H,40,41)/b24-2-. The van der Waals surface area contributed by atoms with E-state index in [2.05, 4.69) is 15.2 Å². The number of nitrogens with zero attached hydrogens (tertiary/aromatic N) is 2. The van der Waals surface area contributed by atoms with Crippen LogP contribution in [0.5, 0.6) is 17.4 Å². The first-order valence-corrected chi connectivity index (χ1v) is 12.5. The van der Waals surface area contributed by atoms with E-state index in [1.807, 2.05) is 0 Å². The van der Waals surface area contributed by atoms with Gasteiger partial charge in [0.2, 0.25) is 5.88 Å². The number of aliphatic carboxylic acids is 1. The van der Waals surface area contributed by atoms with Gasteiger partial charge in [-0.1, -0.05) is 18.2 Å². The smallest absolute Gasteiger partial charge is 0.481 e. The first-order valence-electron chi connectivity index (χ1n) is 12.5. The summed E-state index contributed by atoms with van der Waals surface area (Å²) >= 11 is 0. The fraction of sp³-hybridized carbons (Fsp3) is 0.172. The molecule has 1 heterocycles. The number of rotatable bonds is 10. The maximum atomic E-state index is 14.7. The number of nitrogens with one attached hydrogen (secondary N) is 1. The van der Waals surface area contributed by atoms with Crippen molar-refractivity contribution in [2.75, 3.05) is 6.54 Å². The fourth-order valence-electron chi connectivity index (χ4n) is 3.94. The van der Waals surface area contributed by atoms with Gasteiger partial charge in [-0.15, -0.1) is 18.3 Å². The second kappa shape index (κ2) is 12.5. The number of hydrogen-bond donors (Lipinski definition) is 2. The first-order chi connectivity index (χ1) is 20.2. The molecule has 43 heavy (non-hydrogen) atoms. The molecule has 0 spiro atoms. The van der Waals surface area contributed by atoms with Crippen molar-refractivity contribution in [1.82, 2.24) is 15.1 Å². The van der Waals surface area contributed by atoms with Crippen LogP contribution in [0, 0.1) is 5.82 Å². The summed E-state index contributed by atoms with van der Waals surface area (Å²) in [5, 5.41) is 16.0. The van der Waals surface area contributed by atoms with Gasteiger partial charge in [0.15, 0.2) is 0 Å². The highest BCUT2D eigenvalue weighted by atomic mass is 19.4. The van der Waals surface area contributed by atoms with Crippen LogP contribution in [-0.2, 0) is 11.0 Å². The monoisotopic (exact) mass is 609 g/mol. The summed E-state index contributed by atoms with van der Waals surface area (Å²) in [4.78, 5) is 10.8. The van der Waals surface area contributed by atoms with Crippen LogP contribution in [0.25, 0.3) is 22.5 Å². The van der Waals surface area contributed by atoms with E-state index >= 15 is 0 Å². The molecule has 0 fully saturated rings. The Balaban J connectivity index is 1.69. The van der Waals surface area contributed by atoms with Crippen LogP contribution in [0.3, 0.4) is 0 Å². The molecule has 2 N–H and O–H groups in total. The van der Waals surface area contributed by atoms with Crippen LogP contribution in [-0.4, -0.2) is 33.8 Å². The Morgan fingerprint density at radius 3 is 2.21 bits per heavy atom. The highest BCUT2D eigenvalue weighted by Gasteiger charge is 2.32. The molecule has 0 aliphatic rings. The third-order valence-electron chi connectivity index (χ3n) is 5.92. The Kier molecular flexibility index (Phi) is 8.97. The SMILES string of the molecule is C/C=C(\NCCC(=O)O)c1ccc(Oc2nn(-c3cc(C(F)(F)F)ccc3F)cc2-c2ccc(OC(F)(F)F)cc2)cc1. The number of carbonyl (C=O) groups is 1. The van der Waals surface area contributed by atoms with Gasteiger partial charge in [-0.3, -0.25) is 4.79 Å². The highest BCUT2D eigenvalue weighted by molar-refractivity contribution is 5.70. The van der Waals surface area contributed by atoms with Gasteiger partial charge in [-0.25, -0.2) is 9.07 Å². The first kappa shape index (κ1) is 30.9. The molecule has 7 nitrogen and oxygen atoms in total. The lowest BCUT2D eigenvalue weighted by Crippen LogP contribution is -2.16. The number of allylic oxidation sites excluding steroid dienone is 1. The summed E-state index contributed by atoms with van der Waals surface area (Å²) in [6.45, 7) is 1.94. The van der Waals surface area contributed by atoms with E-state index in [0.717, 1.165) is 16.8 Å². The minimum Gasteiger partial charge on any atom is -0.481 e. The lowest BCUT2D eigenvalue weighted by molar-refractivity contribution is -0.274. The van der Waals surface area contributed by atoms with Crippen LogP contribution in [0.1, 0.15) is 24.5 Å². The number of halogens is 7. The summed E-state index contributed by atoms with van der Waals surface area (Å²) in [6, 6.07) is 12.8. The van der Waals surface area contributed by atoms with Crippen molar-refractivity contribution in [2.45, 2.75) is 25.9 Å². The van der Waals surface area contributed by atoms with E-state index in [4.69, 9.17) is 9.84 Å². The Morgan fingerprint density at radius 1 is 0.977 bits per heavy atom. The van der Waals surface area contributed by atoms with Gasteiger partial charge < -0.3 is 19.9 Å². The molecule has 0 atom stereocenters. The predicted octanol–water partition coefficient (Wildman–Crippen LogP) is 7.81. The summed E-state index contributed by atoms with van der Waals surface area (Å²) in [5.74, 6) is -2.45. The number of hydrogen-bond acceptors (Lipinski definition) is 5. The normalized spacial score (nSPS) is 12.2. The van der Waals surface area contributed by atoms with Gasteiger partial charge >= 0.3 is 18.5 Å². The van der Waals surface area contributed by atoms with E-state index in [1.54, 1.807) is 37.3 Å². The van der Waals surface area contributed by atoms with Crippen molar-refractivity contribution in [3.63, 3.8) is 0 Å². The van der Waals surface area contributed by atoms with Crippen molar-refractivity contribution in [3.05, 3.63) is 95.9 Å². The zero-order chi connectivity index (χ0) is 31.4. The maximum absolute atomic E-state index is 14.7. The molecule has 226 valence electrons. The van der Waals surface area contributed by atoms with Gasteiger partial charge in [0.25, 0.3) is 0 Å². The van der Waals surface area contributed by atoms with Crippen LogP contribution in [0.4, 0.5) is 30.7 Å². The van der Waals surface area contributed by atoms with Crippen LogP contribution in [0.15, 0.2) is 79.0 Å². The molecule has 14 heteroatoms. The van der Waals surface area contributed by atoms with Crippen molar-refractivity contribution in [2.24, 2.45) is 0 Å². The molecule has 0 unspecified atom stereocenters. The molecule has 0 radical (unpaired) electrons. The predicted molar refractivity (Wildman–Crippen MR) is 141 cm³/mol. The largest absolute Gasteiger partial charge is 0.573 e. The van der Waals surface area contributed by atoms with Crippen molar-refractivity contribution >= 4 is 11.7 Å². The quantitative estimate of drug-likeness (QED) is 0.179. The molecular weight excluding hydrogens is 587 g/mol. The van der Waals surface area contributed by atoms with E-state index in [0.29, 0.717) is 29.5 Å². The molecule has 0 saturated carbocycles. The Bertz CT molecular complexity index is 1610. The summed E-state index contributed by atoms with van der Waals surface area (Å²) in [6.07, 6.45) is -6.85. The molecule has 0 amide bonds. The van der Waals surface area contributed by atoms with E-state index in [-0.39, 0.29) is 35.7 Å². The highest BCUT2D eigenvalue weighted by Crippen LogP contribution is 2.37. The maximum Gasteiger partial charge on any atom is 0.573 e. The topological polar surface area (TPSA) is 85.6 Å². The molecule has 0 aliphatic heterocycles. The fourth-order valence-corrected chi connectivity index (χ4v) is 3.94. The zero-order valence-corrected chi connectivity index (χ0v) is 22.1. The van der Waals surface area contributed by atoms with Gasteiger partial charge in [0.1, 0.15) is 23.0 Å². The lowest BCUT2D eigenvalue weighted by atomic mass is 10.1. The summed E-state index contributed by atoms with van der Waals surface area (Å²) in [7, 11) is 0. The van der Waals surface area contributed by atoms with E-state index in [9.17, 15) is 35.5 Å². The number of ether oxygens (including phenoxy) is 2. The van der Waals surface area contributed by atoms with Gasteiger partial charge in [0.05, 0.1) is 17.5 Å². The molecule has 0 saturated heterocycles. The third kappa shape index (κ3) is 8.05. The number of benzene rings is 3.